The van der Waals surface area contributed by atoms with E-state index in [9.17, 15) is 26.3 Å². The van der Waals surface area contributed by atoms with Gasteiger partial charge in [-0.25, -0.2) is 17.3 Å². The van der Waals surface area contributed by atoms with Crippen molar-refractivity contribution >= 4 is 11.9 Å². The summed E-state index contributed by atoms with van der Waals surface area (Å²) in [6.07, 6.45) is -7.06. The standard InChI is InChI=1S/C19H18F6N4O2S.C2H6O/c20-10-2-12(22)11(21)1-9(10)17-13(26)3-15(18(31-17)19(23,24)25)28-4-8-5-29(27-14(8)6-28)32-16-7-30-16;1-2-3/h1-2,5,13,15-18H,3-4,6-7,26H2;3H,2H2,1H3/t13?,15?,16?,17-,18?;/m1./s1. The van der Waals surface area contributed by atoms with Crippen molar-refractivity contribution in [3.8, 4) is 0 Å². The van der Waals surface area contributed by atoms with E-state index in [0.29, 0.717) is 18.4 Å². The smallest absolute Gasteiger partial charge is 0.397 e. The lowest BCUT2D eigenvalue weighted by molar-refractivity contribution is -0.269. The Hall–Kier alpha value is -1.84. The summed E-state index contributed by atoms with van der Waals surface area (Å²) in [5.41, 5.74) is 7.01. The molecule has 4 unspecified atom stereocenters. The highest BCUT2D eigenvalue weighted by Gasteiger charge is 2.54. The number of ether oxygens (including phenoxy) is 2. The second-order valence-corrected chi connectivity index (χ2v) is 9.48. The van der Waals surface area contributed by atoms with Crippen LogP contribution in [0.4, 0.5) is 26.3 Å². The minimum absolute atomic E-state index is 0.0408. The number of hydrogen-bond donors (Lipinski definition) is 2. The number of hydrogen-bond acceptors (Lipinski definition) is 7. The summed E-state index contributed by atoms with van der Waals surface area (Å²) in [6, 6.07) is -1.43. The molecule has 0 saturated carbocycles. The van der Waals surface area contributed by atoms with Crippen LogP contribution >= 0.6 is 11.9 Å². The lowest BCUT2D eigenvalue weighted by Gasteiger charge is -2.44. The number of epoxide rings is 1. The Morgan fingerprint density at radius 2 is 1.83 bits per heavy atom. The molecule has 35 heavy (non-hydrogen) atoms. The Morgan fingerprint density at radius 3 is 2.43 bits per heavy atom. The Balaban J connectivity index is 0.000000917. The van der Waals surface area contributed by atoms with Gasteiger partial charge in [0.25, 0.3) is 0 Å². The molecule has 4 heterocycles. The highest BCUT2D eigenvalue weighted by molar-refractivity contribution is 7.98. The van der Waals surface area contributed by atoms with E-state index in [2.05, 4.69) is 5.10 Å². The molecule has 0 aliphatic carbocycles. The van der Waals surface area contributed by atoms with Crippen molar-refractivity contribution in [1.82, 2.24) is 14.1 Å². The Bertz CT molecular complexity index is 1030. The van der Waals surface area contributed by atoms with E-state index in [1.807, 2.05) is 0 Å². The fraction of sp³-hybridized carbons (Fsp3) is 0.571. The quantitative estimate of drug-likeness (QED) is 0.359. The van der Waals surface area contributed by atoms with Crippen LogP contribution in [0.25, 0.3) is 0 Å². The van der Waals surface area contributed by atoms with Gasteiger partial charge < -0.3 is 20.3 Å². The molecule has 5 atom stereocenters. The van der Waals surface area contributed by atoms with Gasteiger partial charge in [-0.05, 0) is 19.4 Å². The van der Waals surface area contributed by atoms with Crippen molar-refractivity contribution in [1.29, 1.82) is 0 Å². The molecule has 5 rings (SSSR count). The van der Waals surface area contributed by atoms with E-state index in [4.69, 9.17) is 20.3 Å². The molecule has 3 aliphatic rings. The minimum atomic E-state index is -4.78. The van der Waals surface area contributed by atoms with Gasteiger partial charge in [-0.15, -0.1) is 0 Å². The summed E-state index contributed by atoms with van der Waals surface area (Å²) in [6.45, 7) is 2.95. The van der Waals surface area contributed by atoms with Gasteiger partial charge in [-0.1, -0.05) is 0 Å². The third kappa shape index (κ3) is 5.78. The zero-order valence-corrected chi connectivity index (χ0v) is 19.3. The summed E-state index contributed by atoms with van der Waals surface area (Å²) in [5.74, 6) is -4.05. The lowest BCUT2D eigenvalue weighted by Crippen LogP contribution is -2.58. The molecule has 0 amide bonds. The van der Waals surface area contributed by atoms with E-state index < -0.39 is 53.5 Å². The molecule has 0 radical (unpaired) electrons. The van der Waals surface area contributed by atoms with Crippen LogP contribution in [0.1, 0.15) is 36.3 Å². The third-order valence-electron chi connectivity index (χ3n) is 5.79. The number of fused-ring (bicyclic) bond motifs is 1. The molecule has 0 spiro atoms. The first kappa shape index (κ1) is 26.2. The fourth-order valence-electron chi connectivity index (χ4n) is 4.23. The topological polar surface area (TPSA) is 89.1 Å². The monoisotopic (exact) mass is 526 g/mol. The summed E-state index contributed by atoms with van der Waals surface area (Å²) in [4.78, 5) is 1.58. The predicted octanol–water partition coefficient (Wildman–Crippen LogP) is 3.26. The molecule has 2 aromatic rings. The molecule has 3 aliphatic heterocycles. The van der Waals surface area contributed by atoms with Crippen LogP contribution in [0.2, 0.25) is 0 Å². The predicted molar refractivity (Wildman–Crippen MR) is 113 cm³/mol. The first-order chi connectivity index (χ1) is 16.5. The van der Waals surface area contributed by atoms with Crippen molar-refractivity contribution in [2.24, 2.45) is 5.73 Å². The van der Waals surface area contributed by atoms with E-state index in [1.165, 1.54) is 11.9 Å². The maximum absolute atomic E-state index is 14.2. The van der Waals surface area contributed by atoms with Crippen molar-refractivity contribution in [2.45, 2.75) is 62.3 Å². The zero-order valence-electron chi connectivity index (χ0n) is 18.5. The van der Waals surface area contributed by atoms with Crippen LogP contribution in [0.5, 0.6) is 0 Å². The van der Waals surface area contributed by atoms with Gasteiger partial charge in [0.2, 0.25) is 0 Å². The molecule has 3 N–H and O–H groups in total. The van der Waals surface area contributed by atoms with E-state index >= 15 is 0 Å². The summed E-state index contributed by atoms with van der Waals surface area (Å²) in [5, 5.41) is 12.0. The lowest BCUT2D eigenvalue weighted by atomic mass is 9.89. The molecule has 1 aromatic heterocycles. The zero-order chi connectivity index (χ0) is 25.5. The fourth-order valence-corrected chi connectivity index (χ4v) is 5.01. The Kier molecular flexibility index (Phi) is 7.69. The number of aromatic nitrogens is 2. The normalized spacial score (nSPS) is 28.4. The van der Waals surface area contributed by atoms with Crippen LogP contribution in [0, 0.1) is 17.5 Å². The van der Waals surface area contributed by atoms with Gasteiger partial charge in [-0.3, -0.25) is 4.90 Å². The first-order valence-corrected chi connectivity index (χ1v) is 11.7. The van der Waals surface area contributed by atoms with Crippen LogP contribution in [0.15, 0.2) is 18.3 Å². The molecule has 2 saturated heterocycles. The summed E-state index contributed by atoms with van der Waals surface area (Å²) >= 11 is 1.38. The van der Waals surface area contributed by atoms with Crippen LogP contribution < -0.4 is 5.73 Å². The maximum atomic E-state index is 14.2. The molecule has 1 aromatic carbocycles. The number of rotatable bonds is 4. The number of aliphatic hydroxyl groups excluding tert-OH is 1. The second kappa shape index (κ2) is 10.3. The van der Waals surface area contributed by atoms with Crippen molar-refractivity contribution < 1.29 is 40.9 Å². The first-order valence-electron chi connectivity index (χ1n) is 10.8. The average molecular weight is 527 g/mol. The number of nitrogens with two attached hydrogens (primary N) is 1. The second-order valence-electron chi connectivity index (χ2n) is 8.37. The minimum Gasteiger partial charge on any atom is -0.397 e. The number of alkyl halides is 3. The molecule has 0 bridgehead atoms. The van der Waals surface area contributed by atoms with Crippen LogP contribution in [0.3, 0.4) is 0 Å². The largest absolute Gasteiger partial charge is 0.416 e. The Labute approximate surface area is 201 Å². The molecule has 194 valence electrons. The van der Waals surface area contributed by atoms with Gasteiger partial charge in [-0.2, -0.15) is 18.3 Å². The highest BCUT2D eigenvalue weighted by Crippen LogP contribution is 2.42. The third-order valence-corrected chi connectivity index (χ3v) is 6.70. The van der Waals surface area contributed by atoms with E-state index in [1.54, 1.807) is 22.1 Å². The molecule has 14 heteroatoms. The van der Waals surface area contributed by atoms with Gasteiger partial charge >= 0.3 is 6.18 Å². The van der Waals surface area contributed by atoms with E-state index in [-0.39, 0.29) is 37.6 Å². The highest BCUT2D eigenvalue weighted by atomic mass is 32.2. The van der Waals surface area contributed by atoms with Gasteiger partial charge in [0.15, 0.2) is 17.7 Å². The van der Waals surface area contributed by atoms with Crippen molar-refractivity contribution in [3.05, 3.63) is 52.6 Å². The van der Waals surface area contributed by atoms with E-state index in [0.717, 1.165) is 5.56 Å². The van der Waals surface area contributed by atoms with Gasteiger partial charge in [0.1, 0.15) is 17.4 Å². The number of aliphatic hydroxyl groups is 1. The molecular weight excluding hydrogens is 502 g/mol. The Morgan fingerprint density at radius 1 is 1.17 bits per heavy atom. The van der Waals surface area contributed by atoms with Gasteiger partial charge in [0.05, 0.1) is 12.3 Å². The van der Waals surface area contributed by atoms with Crippen LogP contribution in [-0.2, 0) is 22.6 Å². The van der Waals surface area contributed by atoms with Crippen LogP contribution in [-0.4, -0.2) is 62.2 Å². The van der Waals surface area contributed by atoms with Crippen molar-refractivity contribution in [3.63, 3.8) is 0 Å². The van der Waals surface area contributed by atoms with Gasteiger partial charge in [0, 0.05) is 67.1 Å². The SMILES string of the molecule is CCO.NC1CC(N2Cc3cn(SC4CO4)nc3C2)C(C(F)(F)F)O[C@@H]1c1cc(F)c(F)cc1F. The number of benzene rings is 1. The summed E-state index contributed by atoms with van der Waals surface area (Å²) in [7, 11) is 0. The number of nitrogens with zero attached hydrogens (tertiary/aromatic N) is 3. The molecule has 2 fully saturated rings. The molecule has 7 nitrogen and oxygen atoms in total. The summed E-state index contributed by atoms with van der Waals surface area (Å²) < 4.78 is 94.9. The average Bonchev–Trinajstić information content (AvgIpc) is 3.36. The van der Waals surface area contributed by atoms with Crippen molar-refractivity contribution in [2.75, 3.05) is 13.2 Å². The number of halogens is 6. The maximum Gasteiger partial charge on any atom is 0.416 e. The molecular formula is C21H24F6N4O3S.